The topological polar surface area (TPSA) is 61.6 Å². The Morgan fingerprint density at radius 3 is 2.78 bits per heavy atom. The second kappa shape index (κ2) is 5.97. The van der Waals surface area contributed by atoms with Crippen molar-refractivity contribution in [3.63, 3.8) is 0 Å². The first kappa shape index (κ1) is 13.0. The number of amides is 1. The van der Waals surface area contributed by atoms with Gasteiger partial charge in [-0.1, -0.05) is 6.92 Å². The molecule has 18 heavy (non-hydrogen) atoms. The fourth-order valence-corrected chi connectivity index (χ4v) is 2.07. The number of oxazole rings is 1. The van der Waals surface area contributed by atoms with Gasteiger partial charge in [-0.05, 0) is 13.6 Å². The van der Waals surface area contributed by atoms with E-state index >= 15 is 0 Å². The van der Waals surface area contributed by atoms with Gasteiger partial charge in [0.1, 0.15) is 0 Å². The number of carbonyl (C=O) groups excluding carboxylic acids is 1. The third kappa shape index (κ3) is 2.88. The fraction of sp³-hybridized carbons (Fsp3) is 0.667. The van der Waals surface area contributed by atoms with Gasteiger partial charge in [-0.15, -0.1) is 0 Å². The lowest BCUT2D eigenvalue weighted by atomic mass is 10.3. The second-order valence-corrected chi connectivity index (χ2v) is 4.38. The number of rotatable bonds is 4. The first-order chi connectivity index (χ1) is 8.74. The van der Waals surface area contributed by atoms with Gasteiger partial charge in [0.05, 0.1) is 12.7 Å². The largest absolute Gasteiger partial charge is 0.434 e. The van der Waals surface area contributed by atoms with Gasteiger partial charge in [0.2, 0.25) is 11.7 Å². The van der Waals surface area contributed by atoms with E-state index in [-0.39, 0.29) is 5.91 Å². The number of nitrogens with zero attached hydrogens (tertiary/aromatic N) is 3. The fourth-order valence-electron chi connectivity index (χ4n) is 2.07. The molecule has 0 atom stereocenters. The molecule has 100 valence electrons. The van der Waals surface area contributed by atoms with Crippen molar-refractivity contribution in [2.75, 3.05) is 39.8 Å². The lowest BCUT2D eigenvalue weighted by molar-refractivity contribution is 0.0610. The van der Waals surface area contributed by atoms with Crippen LogP contribution in [0.2, 0.25) is 0 Å². The van der Waals surface area contributed by atoms with Crippen LogP contribution in [0.25, 0.3) is 0 Å². The molecule has 2 heterocycles. The molecule has 6 heteroatoms. The number of carbonyl (C=O) groups is 1. The van der Waals surface area contributed by atoms with Crippen LogP contribution in [-0.4, -0.2) is 60.5 Å². The molecule has 0 radical (unpaired) electrons. The van der Waals surface area contributed by atoms with E-state index in [4.69, 9.17) is 4.42 Å². The zero-order valence-corrected chi connectivity index (χ0v) is 11.0. The molecule has 0 aromatic carbocycles. The zero-order valence-electron chi connectivity index (χ0n) is 11.0. The Labute approximate surface area is 107 Å². The molecule has 0 bridgehead atoms. The quantitative estimate of drug-likeness (QED) is 0.828. The number of hydrogen-bond donors (Lipinski definition) is 1. The maximum atomic E-state index is 12.2. The Morgan fingerprint density at radius 1 is 1.44 bits per heavy atom. The van der Waals surface area contributed by atoms with E-state index in [0.717, 1.165) is 32.7 Å². The summed E-state index contributed by atoms with van der Waals surface area (Å²) in [5.74, 6) is 0.832. The van der Waals surface area contributed by atoms with Gasteiger partial charge >= 0.3 is 0 Å². The van der Waals surface area contributed by atoms with Crippen LogP contribution in [0, 0.1) is 0 Å². The van der Waals surface area contributed by atoms with Crippen molar-refractivity contribution in [1.82, 2.24) is 20.1 Å². The van der Waals surface area contributed by atoms with Gasteiger partial charge < -0.3 is 19.5 Å². The standard InChI is InChI=1S/C12H20N4O2/c1-3-15-4-6-16(7-5-15)12(17)10-8-14-11(18-10)9-13-2/h8,13H,3-7,9H2,1-2H3. The molecule has 0 unspecified atom stereocenters. The number of hydrogen-bond acceptors (Lipinski definition) is 5. The number of aromatic nitrogens is 1. The number of piperazine rings is 1. The summed E-state index contributed by atoms with van der Waals surface area (Å²) in [4.78, 5) is 20.4. The average molecular weight is 252 g/mol. The first-order valence-corrected chi connectivity index (χ1v) is 6.35. The summed E-state index contributed by atoms with van der Waals surface area (Å²) in [6.45, 7) is 7.09. The molecule has 1 aromatic heterocycles. The molecule has 0 spiro atoms. The predicted molar refractivity (Wildman–Crippen MR) is 67.3 cm³/mol. The van der Waals surface area contributed by atoms with Crippen LogP contribution < -0.4 is 5.32 Å². The molecule has 0 aliphatic carbocycles. The summed E-state index contributed by atoms with van der Waals surface area (Å²) in [6.07, 6.45) is 1.52. The molecule has 0 saturated carbocycles. The van der Waals surface area contributed by atoms with Crippen LogP contribution in [-0.2, 0) is 6.54 Å². The van der Waals surface area contributed by atoms with Crippen molar-refractivity contribution in [3.05, 3.63) is 17.8 Å². The van der Waals surface area contributed by atoms with Crippen molar-refractivity contribution >= 4 is 5.91 Å². The predicted octanol–water partition coefficient (Wildman–Crippen LogP) is 0.172. The van der Waals surface area contributed by atoms with Crippen LogP contribution in [0.15, 0.2) is 10.6 Å². The maximum absolute atomic E-state index is 12.2. The Kier molecular flexibility index (Phi) is 4.33. The lowest BCUT2D eigenvalue weighted by Gasteiger charge is -2.33. The maximum Gasteiger partial charge on any atom is 0.291 e. The van der Waals surface area contributed by atoms with Crippen LogP contribution >= 0.6 is 0 Å². The molecule has 1 saturated heterocycles. The molecule has 1 fully saturated rings. The van der Waals surface area contributed by atoms with Crippen molar-refractivity contribution in [3.8, 4) is 0 Å². The number of likely N-dealkylation sites (N-methyl/N-ethyl adjacent to an activating group) is 1. The van der Waals surface area contributed by atoms with E-state index in [1.165, 1.54) is 6.20 Å². The van der Waals surface area contributed by atoms with Gasteiger partial charge in [-0.2, -0.15) is 0 Å². The lowest BCUT2D eigenvalue weighted by Crippen LogP contribution is -2.48. The van der Waals surface area contributed by atoms with Gasteiger partial charge in [0.25, 0.3) is 5.91 Å². The first-order valence-electron chi connectivity index (χ1n) is 6.35. The summed E-state index contributed by atoms with van der Waals surface area (Å²) >= 11 is 0. The van der Waals surface area contributed by atoms with E-state index in [1.807, 2.05) is 11.9 Å². The van der Waals surface area contributed by atoms with Gasteiger partial charge in [0.15, 0.2) is 0 Å². The third-order valence-corrected chi connectivity index (χ3v) is 3.20. The van der Waals surface area contributed by atoms with Gasteiger partial charge in [-0.3, -0.25) is 4.79 Å². The zero-order chi connectivity index (χ0) is 13.0. The van der Waals surface area contributed by atoms with E-state index < -0.39 is 0 Å². The Morgan fingerprint density at radius 2 is 2.17 bits per heavy atom. The van der Waals surface area contributed by atoms with Gasteiger partial charge in [-0.25, -0.2) is 4.98 Å². The van der Waals surface area contributed by atoms with Crippen molar-refractivity contribution in [2.24, 2.45) is 0 Å². The van der Waals surface area contributed by atoms with Crippen LogP contribution in [0.3, 0.4) is 0 Å². The molecular formula is C12H20N4O2. The minimum atomic E-state index is -0.0550. The summed E-state index contributed by atoms with van der Waals surface area (Å²) in [5.41, 5.74) is 0. The molecule has 2 rings (SSSR count). The number of nitrogens with one attached hydrogen (secondary N) is 1. The third-order valence-electron chi connectivity index (χ3n) is 3.20. The molecule has 1 aliphatic heterocycles. The normalized spacial score (nSPS) is 17.1. The van der Waals surface area contributed by atoms with Crippen LogP contribution in [0.4, 0.5) is 0 Å². The highest BCUT2D eigenvalue weighted by Crippen LogP contribution is 2.10. The van der Waals surface area contributed by atoms with Crippen molar-refractivity contribution in [1.29, 1.82) is 0 Å². The summed E-state index contributed by atoms with van der Waals surface area (Å²) in [6, 6.07) is 0. The minimum Gasteiger partial charge on any atom is -0.434 e. The van der Waals surface area contributed by atoms with Crippen LogP contribution in [0.5, 0.6) is 0 Å². The Balaban J connectivity index is 1.94. The molecule has 1 N–H and O–H groups in total. The second-order valence-electron chi connectivity index (χ2n) is 4.38. The summed E-state index contributed by atoms with van der Waals surface area (Å²) in [7, 11) is 1.82. The smallest absolute Gasteiger partial charge is 0.291 e. The molecule has 1 aromatic rings. The highest BCUT2D eigenvalue weighted by Gasteiger charge is 2.23. The Bertz CT molecular complexity index is 397. The molecule has 1 aliphatic rings. The van der Waals surface area contributed by atoms with Gasteiger partial charge in [0, 0.05) is 26.2 Å². The van der Waals surface area contributed by atoms with E-state index in [1.54, 1.807) is 0 Å². The summed E-state index contributed by atoms with van der Waals surface area (Å²) < 4.78 is 5.41. The highest BCUT2D eigenvalue weighted by molar-refractivity contribution is 5.91. The average Bonchev–Trinajstić information content (AvgIpc) is 2.87. The highest BCUT2D eigenvalue weighted by atomic mass is 16.4. The molecule has 1 amide bonds. The van der Waals surface area contributed by atoms with Crippen molar-refractivity contribution < 1.29 is 9.21 Å². The monoisotopic (exact) mass is 252 g/mol. The van der Waals surface area contributed by atoms with E-state index in [2.05, 4.69) is 22.1 Å². The minimum absolute atomic E-state index is 0.0550. The van der Waals surface area contributed by atoms with E-state index in [9.17, 15) is 4.79 Å². The van der Waals surface area contributed by atoms with Crippen molar-refractivity contribution in [2.45, 2.75) is 13.5 Å². The Hall–Kier alpha value is -1.40. The summed E-state index contributed by atoms with van der Waals surface area (Å²) in [5, 5.41) is 2.94. The molecule has 6 nitrogen and oxygen atoms in total. The SMILES string of the molecule is CCN1CCN(C(=O)c2cnc(CNC)o2)CC1. The van der Waals surface area contributed by atoms with Crippen LogP contribution in [0.1, 0.15) is 23.4 Å². The molecular weight excluding hydrogens is 232 g/mol. The van der Waals surface area contributed by atoms with E-state index in [0.29, 0.717) is 18.2 Å².